The van der Waals surface area contributed by atoms with Crippen LogP contribution >= 0.6 is 0 Å². The number of rotatable bonds is 7. The molecule has 0 aliphatic carbocycles. The molecule has 1 aliphatic heterocycles. The number of ether oxygens (including phenoxy) is 1. The van der Waals surface area contributed by atoms with Gasteiger partial charge in [-0.3, -0.25) is 0 Å². The molecule has 2 heteroatoms. The van der Waals surface area contributed by atoms with Crippen LogP contribution in [0.25, 0.3) is 10.8 Å². The molecule has 3 aromatic carbocycles. The highest BCUT2D eigenvalue weighted by Crippen LogP contribution is 2.29. The first kappa shape index (κ1) is 18.7. The molecule has 1 heterocycles. The Morgan fingerprint density at radius 1 is 0.821 bits per heavy atom. The molecule has 2 nitrogen and oxygen atoms in total. The molecule has 0 atom stereocenters. The fourth-order valence-corrected chi connectivity index (χ4v) is 3.96. The number of fused-ring (bicyclic) bond motifs is 1. The van der Waals surface area contributed by atoms with Crippen molar-refractivity contribution in [3.05, 3.63) is 83.4 Å². The van der Waals surface area contributed by atoms with Gasteiger partial charge < -0.3 is 4.74 Å². The highest BCUT2D eigenvalue weighted by molar-refractivity contribution is 6.09. The van der Waals surface area contributed by atoms with Crippen molar-refractivity contribution >= 4 is 16.7 Å². The number of unbranched alkanes of at least 4 members (excludes halogenated alkanes) is 2. The van der Waals surface area contributed by atoms with E-state index in [0.717, 1.165) is 18.7 Å². The third-order valence-corrected chi connectivity index (χ3v) is 5.45. The van der Waals surface area contributed by atoms with Crippen LogP contribution in [0.15, 0.2) is 71.7 Å². The van der Waals surface area contributed by atoms with E-state index in [1.54, 1.807) is 0 Å². The standard InChI is InChI=1S/C26H29NO/c1-26(2)19-28-25(27-26)24-22(18-17-21-14-9-10-16-23(21)24)15-8-4-7-13-20-11-5-3-6-12-20/h3,5-6,9-12,14,16-18H,4,7-8,13,15,19H2,1-2H3. The summed E-state index contributed by atoms with van der Waals surface area (Å²) < 4.78 is 6.04. The van der Waals surface area contributed by atoms with Crippen LogP contribution < -0.4 is 0 Å². The van der Waals surface area contributed by atoms with E-state index in [1.807, 2.05) is 0 Å². The molecular weight excluding hydrogens is 342 g/mol. The second-order valence-electron chi connectivity index (χ2n) is 8.39. The van der Waals surface area contributed by atoms with Gasteiger partial charge in [-0.1, -0.05) is 73.2 Å². The summed E-state index contributed by atoms with van der Waals surface area (Å²) in [6.45, 7) is 4.92. The van der Waals surface area contributed by atoms with E-state index in [1.165, 1.54) is 46.7 Å². The summed E-state index contributed by atoms with van der Waals surface area (Å²) in [5.41, 5.74) is 3.85. The van der Waals surface area contributed by atoms with Crippen molar-refractivity contribution in [3.63, 3.8) is 0 Å². The van der Waals surface area contributed by atoms with Crippen LogP contribution in [0, 0.1) is 0 Å². The van der Waals surface area contributed by atoms with Gasteiger partial charge in [-0.15, -0.1) is 0 Å². The summed E-state index contributed by atoms with van der Waals surface area (Å²) in [5, 5.41) is 2.50. The molecule has 0 radical (unpaired) electrons. The fraction of sp³-hybridized carbons (Fsp3) is 0.346. The lowest BCUT2D eigenvalue weighted by Crippen LogP contribution is -2.17. The van der Waals surface area contributed by atoms with Crippen LogP contribution in [0.5, 0.6) is 0 Å². The minimum absolute atomic E-state index is 0.140. The average molecular weight is 372 g/mol. The van der Waals surface area contributed by atoms with Gasteiger partial charge in [-0.2, -0.15) is 0 Å². The normalized spacial score (nSPS) is 15.4. The molecular formula is C26H29NO. The van der Waals surface area contributed by atoms with Gasteiger partial charge in [0.15, 0.2) is 0 Å². The summed E-state index contributed by atoms with van der Waals surface area (Å²) >= 11 is 0. The van der Waals surface area contributed by atoms with Crippen LogP contribution in [0.2, 0.25) is 0 Å². The average Bonchev–Trinajstić information content (AvgIpc) is 3.07. The molecule has 0 unspecified atom stereocenters. The predicted molar refractivity (Wildman–Crippen MR) is 118 cm³/mol. The smallest absolute Gasteiger partial charge is 0.217 e. The van der Waals surface area contributed by atoms with Crippen LogP contribution in [0.3, 0.4) is 0 Å². The lowest BCUT2D eigenvalue weighted by molar-refractivity contribution is 0.279. The van der Waals surface area contributed by atoms with Gasteiger partial charge in [-0.05, 0) is 61.4 Å². The summed E-state index contributed by atoms with van der Waals surface area (Å²) in [5.74, 6) is 0.820. The number of nitrogens with zero attached hydrogens (tertiary/aromatic N) is 1. The molecule has 3 aromatic rings. The maximum absolute atomic E-state index is 6.04. The SMILES string of the molecule is CC1(C)COC(c2c(CCCCCc3ccccc3)ccc3ccccc23)=N1. The first-order valence-electron chi connectivity index (χ1n) is 10.4. The number of hydrogen-bond donors (Lipinski definition) is 0. The topological polar surface area (TPSA) is 21.6 Å². The number of aliphatic imine (C=N–C) groups is 1. The Bertz CT molecular complexity index is 972. The highest BCUT2D eigenvalue weighted by Gasteiger charge is 2.29. The lowest BCUT2D eigenvalue weighted by Gasteiger charge is -2.13. The zero-order valence-corrected chi connectivity index (χ0v) is 16.9. The molecule has 4 rings (SSSR count). The minimum atomic E-state index is -0.140. The quantitative estimate of drug-likeness (QED) is 0.443. The van der Waals surface area contributed by atoms with Crippen molar-refractivity contribution in [2.24, 2.45) is 4.99 Å². The Morgan fingerprint density at radius 2 is 1.57 bits per heavy atom. The van der Waals surface area contributed by atoms with Gasteiger partial charge in [0, 0.05) is 5.56 Å². The Labute approximate surface area is 168 Å². The summed E-state index contributed by atoms with van der Waals surface area (Å²) in [6, 6.07) is 23.8. The van der Waals surface area contributed by atoms with E-state index >= 15 is 0 Å². The number of aryl methyl sites for hydroxylation is 2. The number of hydrogen-bond acceptors (Lipinski definition) is 2. The fourth-order valence-electron chi connectivity index (χ4n) is 3.96. The monoisotopic (exact) mass is 371 g/mol. The molecule has 0 spiro atoms. The summed E-state index contributed by atoms with van der Waals surface area (Å²) in [6.07, 6.45) is 5.89. The molecule has 144 valence electrons. The largest absolute Gasteiger partial charge is 0.475 e. The predicted octanol–water partition coefficient (Wildman–Crippen LogP) is 6.35. The minimum Gasteiger partial charge on any atom is -0.475 e. The van der Waals surface area contributed by atoms with Crippen molar-refractivity contribution in [3.8, 4) is 0 Å². The zero-order valence-electron chi connectivity index (χ0n) is 16.9. The molecule has 0 bridgehead atoms. The summed E-state index contributed by atoms with van der Waals surface area (Å²) in [4.78, 5) is 4.88. The van der Waals surface area contributed by atoms with Gasteiger partial charge in [0.25, 0.3) is 0 Å². The van der Waals surface area contributed by atoms with E-state index in [-0.39, 0.29) is 5.54 Å². The van der Waals surface area contributed by atoms with E-state index in [0.29, 0.717) is 6.61 Å². The third kappa shape index (κ3) is 4.27. The Hall–Kier alpha value is -2.61. The van der Waals surface area contributed by atoms with E-state index in [4.69, 9.17) is 9.73 Å². The first-order valence-corrected chi connectivity index (χ1v) is 10.4. The van der Waals surface area contributed by atoms with Crippen LogP contribution in [-0.4, -0.2) is 18.0 Å². The van der Waals surface area contributed by atoms with E-state index in [2.05, 4.69) is 80.6 Å². The van der Waals surface area contributed by atoms with Crippen LogP contribution in [0.1, 0.15) is 49.8 Å². The maximum Gasteiger partial charge on any atom is 0.217 e. The van der Waals surface area contributed by atoms with Crippen LogP contribution in [-0.2, 0) is 17.6 Å². The summed E-state index contributed by atoms with van der Waals surface area (Å²) in [7, 11) is 0. The van der Waals surface area contributed by atoms with E-state index < -0.39 is 0 Å². The highest BCUT2D eigenvalue weighted by atomic mass is 16.5. The molecule has 0 amide bonds. The molecule has 0 aromatic heterocycles. The van der Waals surface area contributed by atoms with Crippen molar-refractivity contribution in [1.29, 1.82) is 0 Å². The molecule has 0 saturated carbocycles. The van der Waals surface area contributed by atoms with Gasteiger partial charge in [0.05, 0.1) is 5.54 Å². The molecule has 0 fully saturated rings. The van der Waals surface area contributed by atoms with Gasteiger partial charge >= 0.3 is 0 Å². The zero-order chi connectivity index (χ0) is 19.4. The van der Waals surface area contributed by atoms with Crippen molar-refractivity contribution in [2.45, 2.75) is 51.5 Å². The Kier molecular flexibility index (Phi) is 5.47. The van der Waals surface area contributed by atoms with E-state index in [9.17, 15) is 0 Å². The van der Waals surface area contributed by atoms with Crippen LogP contribution in [0.4, 0.5) is 0 Å². The Balaban J connectivity index is 1.50. The second-order valence-corrected chi connectivity index (χ2v) is 8.39. The van der Waals surface area contributed by atoms with Crippen molar-refractivity contribution in [1.82, 2.24) is 0 Å². The second kappa shape index (κ2) is 8.18. The van der Waals surface area contributed by atoms with Gasteiger partial charge in [-0.25, -0.2) is 4.99 Å². The Morgan fingerprint density at radius 3 is 2.36 bits per heavy atom. The number of benzene rings is 3. The first-order chi connectivity index (χ1) is 13.6. The van der Waals surface area contributed by atoms with Crippen molar-refractivity contribution in [2.75, 3.05) is 6.61 Å². The lowest BCUT2D eigenvalue weighted by atomic mass is 9.94. The molecule has 0 N–H and O–H groups in total. The molecule has 1 aliphatic rings. The van der Waals surface area contributed by atoms with Crippen molar-refractivity contribution < 1.29 is 4.74 Å². The van der Waals surface area contributed by atoms with Gasteiger partial charge in [0.1, 0.15) is 6.61 Å². The maximum atomic E-state index is 6.04. The molecule has 28 heavy (non-hydrogen) atoms. The third-order valence-electron chi connectivity index (χ3n) is 5.45. The molecule has 0 saturated heterocycles. The van der Waals surface area contributed by atoms with Gasteiger partial charge in [0.2, 0.25) is 5.90 Å².